The highest BCUT2D eigenvalue weighted by molar-refractivity contribution is 7.17. The van der Waals surface area contributed by atoms with Gasteiger partial charge in [0.25, 0.3) is 11.8 Å². The number of carbonyl (C=O) groups excluding carboxylic acids is 3. The van der Waals surface area contributed by atoms with Gasteiger partial charge in [0, 0.05) is 4.88 Å². The lowest BCUT2D eigenvalue weighted by Crippen LogP contribution is -2.49. The lowest BCUT2D eigenvalue weighted by Gasteiger charge is -2.34. The molecule has 1 aliphatic carbocycles. The van der Waals surface area contributed by atoms with Gasteiger partial charge in [-0.25, -0.2) is 0 Å². The first-order valence-electron chi connectivity index (χ1n) is 8.98. The Labute approximate surface area is 165 Å². The van der Waals surface area contributed by atoms with Gasteiger partial charge in [0.1, 0.15) is 10.8 Å². The van der Waals surface area contributed by atoms with E-state index in [4.69, 9.17) is 16.2 Å². The molecule has 0 fully saturated rings. The first-order valence-corrected chi connectivity index (χ1v) is 9.80. The molecule has 2 aliphatic rings. The van der Waals surface area contributed by atoms with E-state index in [-0.39, 0.29) is 19.0 Å². The third kappa shape index (κ3) is 3.29. The van der Waals surface area contributed by atoms with Crippen LogP contribution in [0.4, 0.5) is 10.7 Å². The molecule has 1 aromatic carbocycles. The van der Waals surface area contributed by atoms with Crippen LogP contribution in [0.3, 0.4) is 0 Å². The number of thiophene rings is 1. The molecule has 0 bridgehead atoms. The predicted octanol–water partition coefficient (Wildman–Crippen LogP) is 1.03. The zero-order valence-corrected chi connectivity index (χ0v) is 15.9. The van der Waals surface area contributed by atoms with E-state index in [0.717, 1.165) is 29.7 Å². The van der Waals surface area contributed by atoms with E-state index in [0.29, 0.717) is 22.0 Å². The maximum atomic E-state index is 12.7. The summed E-state index contributed by atoms with van der Waals surface area (Å²) >= 11 is 1.41. The minimum absolute atomic E-state index is 0.00901. The fourth-order valence-electron chi connectivity index (χ4n) is 3.70. The van der Waals surface area contributed by atoms with Crippen molar-refractivity contribution >= 4 is 39.7 Å². The second kappa shape index (κ2) is 7.16. The fourth-order valence-corrected chi connectivity index (χ4v) is 5.01. The van der Waals surface area contributed by atoms with Crippen LogP contribution in [0.2, 0.25) is 0 Å². The Morgan fingerprint density at radius 2 is 2.00 bits per heavy atom. The molecule has 9 heteroatoms. The summed E-state index contributed by atoms with van der Waals surface area (Å²) in [6.07, 6.45) is 1.86. The van der Waals surface area contributed by atoms with Crippen molar-refractivity contribution in [2.75, 3.05) is 23.3 Å². The number of hydrogen-bond acceptors (Lipinski definition) is 6. The summed E-state index contributed by atoms with van der Waals surface area (Å²) < 4.78 is 5.61. The normalized spacial score (nSPS) is 17.4. The van der Waals surface area contributed by atoms with Crippen LogP contribution in [0.5, 0.6) is 5.75 Å². The van der Waals surface area contributed by atoms with Crippen LogP contribution >= 0.6 is 11.3 Å². The molecule has 1 atom stereocenters. The number of anilines is 2. The number of para-hydroxylation sites is 2. The number of nitrogens with two attached hydrogens (primary N) is 2. The van der Waals surface area contributed by atoms with Crippen LogP contribution in [-0.4, -0.2) is 36.9 Å². The van der Waals surface area contributed by atoms with Crippen molar-refractivity contribution in [3.05, 3.63) is 40.3 Å². The highest BCUT2D eigenvalue weighted by atomic mass is 32.1. The molecule has 0 unspecified atom stereocenters. The van der Waals surface area contributed by atoms with Crippen LogP contribution in [0.1, 0.15) is 27.2 Å². The van der Waals surface area contributed by atoms with Crippen molar-refractivity contribution in [3.63, 3.8) is 0 Å². The number of ether oxygens (including phenoxy) is 1. The first-order chi connectivity index (χ1) is 13.4. The van der Waals surface area contributed by atoms with E-state index >= 15 is 0 Å². The maximum Gasteiger partial charge on any atom is 0.260 e. The molecule has 0 radical (unpaired) electrons. The molecule has 0 spiro atoms. The topological polar surface area (TPSA) is 128 Å². The van der Waals surface area contributed by atoms with Crippen molar-refractivity contribution < 1.29 is 19.1 Å². The standard InChI is InChI=1S/C19H20N4O4S/c20-17(25)13-8-23(11-5-1-2-6-12(11)27-13)9-15(24)22-19-16(18(21)26)10-4-3-7-14(10)28-19/h1-2,5-6,13H,3-4,7-9H2,(H2,20,25)(H2,21,26)(H,22,24)/t13-/m1/s1. The number of rotatable bonds is 5. The van der Waals surface area contributed by atoms with Gasteiger partial charge in [0.05, 0.1) is 24.3 Å². The summed E-state index contributed by atoms with van der Waals surface area (Å²) in [6, 6.07) is 7.15. The lowest BCUT2D eigenvalue weighted by molar-refractivity contribution is -0.125. The Balaban J connectivity index is 1.54. The minimum Gasteiger partial charge on any atom is -0.477 e. The number of nitrogens with zero attached hydrogens (tertiary/aromatic N) is 1. The van der Waals surface area contributed by atoms with Crippen LogP contribution in [-0.2, 0) is 22.4 Å². The Morgan fingerprint density at radius 1 is 1.21 bits per heavy atom. The number of hydrogen-bond donors (Lipinski definition) is 3. The van der Waals surface area contributed by atoms with Gasteiger partial charge in [-0.3, -0.25) is 14.4 Å². The molecule has 5 N–H and O–H groups in total. The van der Waals surface area contributed by atoms with Crippen molar-refractivity contribution in [2.45, 2.75) is 25.4 Å². The van der Waals surface area contributed by atoms with Crippen LogP contribution in [0, 0.1) is 0 Å². The second-order valence-corrected chi connectivity index (χ2v) is 7.94. The van der Waals surface area contributed by atoms with Gasteiger partial charge in [-0.2, -0.15) is 0 Å². The minimum atomic E-state index is -0.839. The quantitative estimate of drug-likeness (QED) is 0.691. The van der Waals surface area contributed by atoms with Crippen LogP contribution < -0.4 is 26.4 Å². The monoisotopic (exact) mass is 400 g/mol. The van der Waals surface area contributed by atoms with E-state index in [1.807, 2.05) is 12.1 Å². The second-order valence-electron chi connectivity index (χ2n) is 6.83. The average molecular weight is 400 g/mol. The van der Waals surface area contributed by atoms with Crippen molar-refractivity contribution in [1.29, 1.82) is 0 Å². The molecular formula is C19H20N4O4S. The lowest BCUT2D eigenvalue weighted by atomic mass is 10.1. The Bertz CT molecular complexity index is 971. The maximum absolute atomic E-state index is 12.7. The summed E-state index contributed by atoms with van der Waals surface area (Å²) in [5.41, 5.74) is 13.0. The van der Waals surface area contributed by atoms with Gasteiger partial charge in [0.2, 0.25) is 5.91 Å². The molecule has 2 heterocycles. The van der Waals surface area contributed by atoms with Gasteiger partial charge < -0.3 is 26.4 Å². The molecule has 0 saturated carbocycles. The van der Waals surface area contributed by atoms with Gasteiger partial charge in [-0.15, -0.1) is 11.3 Å². The summed E-state index contributed by atoms with van der Waals surface area (Å²) in [6.45, 7) is 0.161. The Morgan fingerprint density at radius 3 is 2.75 bits per heavy atom. The SMILES string of the molecule is NC(=O)c1c(NC(=O)CN2C[C@H](C(N)=O)Oc3ccccc32)sc2c1CCC2. The molecule has 2 aromatic rings. The highest BCUT2D eigenvalue weighted by Gasteiger charge is 2.31. The molecule has 8 nitrogen and oxygen atoms in total. The summed E-state index contributed by atoms with van der Waals surface area (Å²) in [4.78, 5) is 39.1. The Hall–Kier alpha value is -3.07. The molecule has 0 saturated heterocycles. The average Bonchev–Trinajstić information content (AvgIpc) is 3.21. The third-order valence-corrected chi connectivity index (χ3v) is 6.14. The molecule has 28 heavy (non-hydrogen) atoms. The number of carbonyl (C=O) groups is 3. The van der Waals surface area contributed by atoms with Crippen LogP contribution in [0.25, 0.3) is 0 Å². The summed E-state index contributed by atoms with van der Waals surface area (Å²) in [5, 5.41) is 3.32. The van der Waals surface area contributed by atoms with E-state index in [1.165, 1.54) is 11.3 Å². The smallest absolute Gasteiger partial charge is 0.260 e. The van der Waals surface area contributed by atoms with Gasteiger partial charge in [0.15, 0.2) is 6.10 Å². The van der Waals surface area contributed by atoms with Crippen molar-refractivity contribution in [2.24, 2.45) is 11.5 Å². The van der Waals surface area contributed by atoms with E-state index in [1.54, 1.807) is 17.0 Å². The molecule has 1 aromatic heterocycles. The molecule has 4 rings (SSSR count). The zero-order valence-electron chi connectivity index (χ0n) is 15.1. The molecule has 146 valence electrons. The van der Waals surface area contributed by atoms with E-state index in [2.05, 4.69) is 5.32 Å². The number of nitrogens with one attached hydrogen (secondary N) is 1. The van der Waals surface area contributed by atoms with Crippen molar-refractivity contribution in [3.8, 4) is 5.75 Å². The number of fused-ring (bicyclic) bond motifs is 2. The zero-order chi connectivity index (χ0) is 19.8. The summed E-state index contributed by atoms with van der Waals surface area (Å²) in [5.74, 6) is -0.925. The van der Waals surface area contributed by atoms with E-state index < -0.39 is 17.9 Å². The summed E-state index contributed by atoms with van der Waals surface area (Å²) in [7, 11) is 0. The number of amides is 3. The van der Waals surface area contributed by atoms with Gasteiger partial charge >= 0.3 is 0 Å². The van der Waals surface area contributed by atoms with Crippen LogP contribution in [0.15, 0.2) is 24.3 Å². The number of benzene rings is 1. The number of primary amides is 2. The molecule has 1 aliphatic heterocycles. The van der Waals surface area contributed by atoms with Crippen molar-refractivity contribution in [1.82, 2.24) is 0 Å². The highest BCUT2D eigenvalue weighted by Crippen LogP contribution is 2.39. The third-order valence-electron chi connectivity index (χ3n) is 4.93. The van der Waals surface area contributed by atoms with Gasteiger partial charge in [-0.1, -0.05) is 12.1 Å². The Kier molecular flexibility index (Phi) is 4.68. The predicted molar refractivity (Wildman–Crippen MR) is 106 cm³/mol. The molecular weight excluding hydrogens is 380 g/mol. The van der Waals surface area contributed by atoms with Gasteiger partial charge in [-0.05, 0) is 37.0 Å². The number of aryl methyl sites for hydroxylation is 1. The molecule has 3 amide bonds. The first kappa shape index (κ1) is 18.3. The van der Waals surface area contributed by atoms with E-state index in [9.17, 15) is 14.4 Å². The largest absolute Gasteiger partial charge is 0.477 e. The fraction of sp³-hybridized carbons (Fsp3) is 0.316.